The Kier molecular flexibility index (Phi) is 7.38. The summed E-state index contributed by atoms with van der Waals surface area (Å²) in [6.45, 7) is 1.84. The molecule has 1 amide bonds. The van der Waals surface area contributed by atoms with Crippen LogP contribution in [0.2, 0.25) is 10.0 Å². The summed E-state index contributed by atoms with van der Waals surface area (Å²) in [4.78, 5) is 12.1. The van der Waals surface area contributed by atoms with Gasteiger partial charge in [0.05, 0.1) is 16.3 Å². The zero-order valence-corrected chi connectivity index (χ0v) is 19.9. The molecule has 160 valence electrons. The summed E-state index contributed by atoms with van der Waals surface area (Å²) < 4.78 is 30.9. The number of amides is 1. The molecule has 0 spiro atoms. The first-order chi connectivity index (χ1) is 14.7. The van der Waals surface area contributed by atoms with Crippen molar-refractivity contribution in [3.63, 3.8) is 0 Å². The smallest absolute Gasteiger partial charge is 0.339 e. The van der Waals surface area contributed by atoms with Gasteiger partial charge in [0.25, 0.3) is 5.91 Å². The molecule has 0 unspecified atom stereocenters. The summed E-state index contributed by atoms with van der Waals surface area (Å²) in [7, 11) is -4.11. The molecule has 31 heavy (non-hydrogen) atoms. The van der Waals surface area contributed by atoms with Gasteiger partial charge in [-0.25, -0.2) is 5.43 Å². The van der Waals surface area contributed by atoms with E-state index in [1.165, 1.54) is 30.5 Å². The predicted molar refractivity (Wildman–Crippen MR) is 125 cm³/mol. The number of rotatable bonds is 6. The normalized spacial score (nSPS) is 11.5. The highest BCUT2D eigenvalue weighted by atomic mass is 79.9. The van der Waals surface area contributed by atoms with Gasteiger partial charge < -0.3 is 4.18 Å². The van der Waals surface area contributed by atoms with Crippen molar-refractivity contribution in [3.8, 4) is 5.75 Å². The molecule has 1 N–H and O–H groups in total. The molecule has 3 aromatic carbocycles. The largest absolute Gasteiger partial charge is 0.376 e. The molecule has 0 heterocycles. The van der Waals surface area contributed by atoms with Crippen molar-refractivity contribution in [2.24, 2.45) is 5.10 Å². The minimum atomic E-state index is -4.11. The van der Waals surface area contributed by atoms with Crippen molar-refractivity contribution in [2.45, 2.75) is 11.8 Å². The third-order valence-electron chi connectivity index (χ3n) is 3.99. The maximum atomic E-state index is 12.5. The predicted octanol–water partition coefficient (Wildman–Crippen LogP) is 5.60. The van der Waals surface area contributed by atoms with Crippen LogP contribution in [0.15, 0.2) is 75.1 Å². The summed E-state index contributed by atoms with van der Waals surface area (Å²) in [5.74, 6) is -0.599. The fraction of sp³-hybridized carbons (Fsp3) is 0.0476. The number of hydrazone groups is 1. The number of halogens is 3. The summed E-state index contributed by atoms with van der Waals surface area (Å²) in [5.41, 5.74) is 4.16. The number of carbonyl (C=O) groups is 1. The average Bonchev–Trinajstić information content (AvgIpc) is 2.71. The first-order valence-electron chi connectivity index (χ1n) is 8.75. The molecule has 3 aromatic rings. The Labute approximate surface area is 198 Å². The number of carbonyl (C=O) groups excluding carboxylic acids is 1. The van der Waals surface area contributed by atoms with Gasteiger partial charge in [0.1, 0.15) is 4.90 Å². The van der Waals surface area contributed by atoms with E-state index < -0.39 is 16.0 Å². The maximum absolute atomic E-state index is 12.5. The number of nitrogens with one attached hydrogen (secondary N) is 1. The number of hydrogen-bond acceptors (Lipinski definition) is 5. The van der Waals surface area contributed by atoms with E-state index in [4.69, 9.17) is 27.4 Å². The Morgan fingerprint density at radius 3 is 2.32 bits per heavy atom. The summed E-state index contributed by atoms with van der Waals surface area (Å²) >= 11 is 15.7. The van der Waals surface area contributed by atoms with Gasteiger partial charge in [0.15, 0.2) is 5.75 Å². The minimum absolute atomic E-state index is 0.0221. The maximum Gasteiger partial charge on any atom is 0.339 e. The van der Waals surface area contributed by atoms with Crippen LogP contribution in [0.4, 0.5) is 0 Å². The van der Waals surface area contributed by atoms with Crippen LogP contribution in [-0.2, 0) is 10.1 Å². The van der Waals surface area contributed by atoms with Gasteiger partial charge in [-0.1, -0.05) is 62.9 Å². The van der Waals surface area contributed by atoms with E-state index in [0.717, 1.165) is 10.0 Å². The van der Waals surface area contributed by atoms with Crippen LogP contribution < -0.4 is 9.61 Å². The Balaban J connectivity index is 1.75. The van der Waals surface area contributed by atoms with Gasteiger partial charge in [-0.2, -0.15) is 13.5 Å². The molecule has 0 fully saturated rings. The number of nitrogens with zero attached hydrogens (tertiary/aromatic N) is 1. The van der Waals surface area contributed by atoms with E-state index in [1.54, 1.807) is 36.4 Å². The highest BCUT2D eigenvalue weighted by Gasteiger charge is 2.21. The molecular weight excluding hydrogens is 527 g/mol. The Hall–Kier alpha value is -2.39. The Bertz CT molecular complexity index is 1240. The van der Waals surface area contributed by atoms with E-state index >= 15 is 0 Å². The van der Waals surface area contributed by atoms with Crippen LogP contribution in [0.5, 0.6) is 5.75 Å². The monoisotopic (exact) mass is 540 g/mol. The Morgan fingerprint density at radius 1 is 1.06 bits per heavy atom. The lowest BCUT2D eigenvalue weighted by Gasteiger charge is -2.11. The van der Waals surface area contributed by atoms with Crippen LogP contribution in [0.25, 0.3) is 0 Å². The van der Waals surface area contributed by atoms with Gasteiger partial charge in [0.2, 0.25) is 0 Å². The average molecular weight is 542 g/mol. The zero-order valence-electron chi connectivity index (χ0n) is 16.0. The van der Waals surface area contributed by atoms with Gasteiger partial charge in [-0.05, 0) is 55.0 Å². The molecular formula is C21H15BrCl2N2O4S. The molecule has 10 heteroatoms. The van der Waals surface area contributed by atoms with Crippen LogP contribution >= 0.6 is 39.1 Å². The fourth-order valence-corrected chi connectivity index (χ4v) is 4.49. The standard InChI is InChI=1S/C21H15BrCl2N2O4S/c1-13-5-7-17(8-6-13)31(28,29)30-20-18(23)9-14(10-19(20)24)12-25-26-21(27)15-3-2-4-16(22)11-15/h2-12H,1H3,(H,26,27)/b25-12-. The SMILES string of the molecule is Cc1ccc(S(=O)(=O)Oc2c(Cl)cc(/C=N\NC(=O)c3cccc(Br)c3)cc2Cl)cc1. The molecule has 0 aromatic heterocycles. The molecule has 0 aliphatic carbocycles. The van der Waals surface area contributed by atoms with E-state index in [9.17, 15) is 13.2 Å². The molecule has 0 aliphatic rings. The van der Waals surface area contributed by atoms with Crippen molar-refractivity contribution >= 4 is 61.4 Å². The molecule has 0 saturated carbocycles. The Morgan fingerprint density at radius 2 is 1.71 bits per heavy atom. The van der Waals surface area contributed by atoms with Gasteiger partial charge in [-0.15, -0.1) is 0 Å². The molecule has 0 saturated heterocycles. The molecule has 0 atom stereocenters. The molecule has 0 radical (unpaired) electrons. The fourth-order valence-electron chi connectivity index (χ4n) is 2.46. The quantitative estimate of drug-likeness (QED) is 0.250. The summed E-state index contributed by atoms with van der Waals surface area (Å²) in [6.07, 6.45) is 1.33. The lowest BCUT2D eigenvalue weighted by atomic mass is 10.2. The van der Waals surface area contributed by atoms with Crippen molar-refractivity contribution in [1.29, 1.82) is 0 Å². The first kappa shape index (κ1) is 23.3. The molecule has 3 rings (SSSR count). The van der Waals surface area contributed by atoms with Crippen molar-refractivity contribution in [1.82, 2.24) is 5.43 Å². The van der Waals surface area contributed by atoms with E-state index in [0.29, 0.717) is 11.1 Å². The van der Waals surface area contributed by atoms with Crippen molar-refractivity contribution in [3.05, 3.63) is 91.9 Å². The highest BCUT2D eigenvalue weighted by Crippen LogP contribution is 2.36. The second kappa shape index (κ2) is 9.82. The van der Waals surface area contributed by atoms with Crippen molar-refractivity contribution < 1.29 is 17.4 Å². The van der Waals surface area contributed by atoms with E-state index in [2.05, 4.69) is 26.5 Å². The lowest BCUT2D eigenvalue weighted by molar-refractivity contribution is 0.0955. The van der Waals surface area contributed by atoms with Crippen LogP contribution in [-0.4, -0.2) is 20.5 Å². The van der Waals surface area contributed by atoms with E-state index in [-0.39, 0.29) is 20.7 Å². The lowest BCUT2D eigenvalue weighted by Crippen LogP contribution is -2.17. The van der Waals surface area contributed by atoms with Crippen molar-refractivity contribution in [2.75, 3.05) is 0 Å². The number of benzene rings is 3. The van der Waals surface area contributed by atoms with Crippen LogP contribution in [0.1, 0.15) is 21.5 Å². The minimum Gasteiger partial charge on any atom is -0.376 e. The van der Waals surface area contributed by atoms with E-state index in [1.807, 2.05) is 6.92 Å². The van der Waals surface area contributed by atoms with Crippen LogP contribution in [0, 0.1) is 6.92 Å². The second-order valence-electron chi connectivity index (χ2n) is 6.37. The second-order valence-corrected chi connectivity index (χ2v) is 9.65. The van der Waals surface area contributed by atoms with Gasteiger partial charge in [-0.3, -0.25) is 4.79 Å². The van der Waals surface area contributed by atoms with Gasteiger partial charge >= 0.3 is 10.1 Å². The molecule has 0 bridgehead atoms. The van der Waals surface area contributed by atoms with Crippen LogP contribution in [0.3, 0.4) is 0 Å². The first-order valence-corrected chi connectivity index (χ1v) is 11.7. The third-order valence-corrected chi connectivity index (χ3v) is 6.28. The summed E-state index contributed by atoms with van der Waals surface area (Å²) in [5, 5.41) is 3.82. The zero-order chi connectivity index (χ0) is 22.6. The number of hydrogen-bond donors (Lipinski definition) is 1. The van der Waals surface area contributed by atoms with Gasteiger partial charge in [0, 0.05) is 10.0 Å². The molecule has 6 nitrogen and oxygen atoms in total. The highest BCUT2D eigenvalue weighted by molar-refractivity contribution is 9.10. The molecule has 0 aliphatic heterocycles. The number of aryl methyl sites for hydroxylation is 1. The summed E-state index contributed by atoms with van der Waals surface area (Å²) in [6, 6.07) is 15.8. The topological polar surface area (TPSA) is 84.8 Å². The third kappa shape index (κ3) is 6.07.